The van der Waals surface area contributed by atoms with Crippen molar-refractivity contribution in [1.82, 2.24) is 0 Å². The van der Waals surface area contributed by atoms with Crippen molar-refractivity contribution < 1.29 is 10.2 Å². The molecule has 0 bridgehead atoms. The fourth-order valence-corrected chi connectivity index (χ4v) is 9.19. The summed E-state index contributed by atoms with van der Waals surface area (Å²) in [5, 5.41) is 21.0. The molecule has 0 spiro atoms. The zero-order valence-electron chi connectivity index (χ0n) is 19.0. The minimum atomic E-state index is -0.318. The van der Waals surface area contributed by atoms with Crippen LogP contribution in [0, 0.1) is 34.5 Å². The van der Waals surface area contributed by atoms with Crippen molar-refractivity contribution in [3.63, 3.8) is 0 Å². The summed E-state index contributed by atoms with van der Waals surface area (Å²) >= 11 is 0. The topological polar surface area (TPSA) is 40.5 Å². The van der Waals surface area contributed by atoms with Crippen LogP contribution in [0.1, 0.15) is 110 Å². The summed E-state index contributed by atoms with van der Waals surface area (Å²) in [5.74, 6) is 3.51. The molecule has 7 atom stereocenters. The van der Waals surface area contributed by atoms with Crippen LogP contribution < -0.4 is 0 Å². The molecule has 0 aromatic heterocycles. The van der Waals surface area contributed by atoms with Gasteiger partial charge in [-0.3, -0.25) is 0 Å². The third kappa shape index (κ3) is 3.36. The molecular weight excluding hydrogens is 356 g/mol. The highest BCUT2D eigenvalue weighted by atomic mass is 16.3. The Morgan fingerprint density at radius 1 is 0.966 bits per heavy atom. The van der Waals surface area contributed by atoms with Crippen molar-refractivity contribution in [3.05, 3.63) is 11.6 Å². The predicted octanol–water partition coefficient (Wildman–Crippen LogP) is 6.40. The first-order chi connectivity index (χ1) is 13.8. The molecule has 5 aliphatic carbocycles. The van der Waals surface area contributed by atoms with Crippen LogP contribution in [0.4, 0.5) is 0 Å². The van der Waals surface area contributed by atoms with Gasteiger partial charge in [-0.1, -0.05) is 44.8 Å². The van der Waals surface area contributed by atoms with Gasteiger partial charge >= 0.3 is 0 Å². The lowest BCUT2D eigenvalue weighted by Gasteiger charge is -2.58. The maximum absolute atomic E-state index is 10.7. The van der Waals surface area contributed by atoms with Gasteiger partial charge in [-0.15, -0.1) is 0 Å². The summed E-state index contributed by atoms with van der Waals surface area (Å²) in [6.07, 6.45) is 20.7. The molecule has 2 nitrogen and oxygen atoms in total. The van der Waals surface area contributed by atoms with Gasteiger partial charge in [0.05, 0.1) is 11.7 Å². The molecule has 0 saturated heterocycles. The van der Waals surface area contributed by atoms with Gasteiger partial charge in [-0.05, 0) is 112 Å². The van der Waals surface area contributed by atoms with Crippen molar-refractivity contribution >= 4 is 0 Å². The second-order valence-electron chi connectivity index (χ2n) is 12.3. The molecule has 164 valence electrons. The molecule has 7 unspecified atom stereocenters. The van der Waals surface area contributed by atoms with E-state index in [-0.39, 0.29) is 11.7 Å². The number of fused-ring (bicyclic) bond motifs is 5. The van der Waals surface area contributed by atoms with E-state index in [0.29, 0.717) is 10.8 Å². The third-order valence-electron chi connectivity index (χ3n) is 11.0. The maximum atomic E-state index is 10.7. The zero-order chi connectivity index (χ0) is 20.3. The fourth-order valence-electron chi connectivity index (χ4n) is 9.19. The number of aliphatic hydroxyl groups is 2. The Hall–Kier alpha value is -0.340. The SMILES string of the molecule is CC12CCC(O)CC1=CCC1C2CCC2(C)C(CCCC3(O)CCCC3)CCC12. The normalized spacial score (nSPS) is 48.6. The Morgan fingerprint density at radius 3 is 2.55 bits per heavy atom. The molecule has 0 aromatic rings. The lowest BCUT2D eigenvalue weighted by Crippen LogP contribution is -2.50. The summed E-state index contributed by atoms with van der Waals surface area (Å²) in [6.45, 7) is 5.18. The van der Waals surface area contributed by atoms with Crippen LogP contribution in [0.5, 0.6) is 0 Å². The minimum Gasteiger partial charge on any atom is -0.393 e. The van der Waals surface area contributed by atoms with E-state index < -0.39 is 0 Å². The first-order valence-electron chi connectivity index (χ1n) is 12.9. The average Bonchev–Trinajstić information content (AvgIpc) is 3.26. The van der Waals surface area contributed by atoms with E-state index in [1.165, 1.54) is 64.2 Å². The molecule has 2 heteroatoms. The van der Waals surface area contributed by atoms with Crippen LogP contribution in [0.2, 0.25) is 0 Å². The van der Waals surface area contributed by atoms with E-state index in [9.17, 15) is 10.2 Å². The summed E-state index contributed by atoms with van der Waals surface area (Å²) in [5.41, 5.74) is 2.18. The van der Waals surface area contributed by atoms with Gasteiger partial charge in [0.25, 0.3) is 0 Å². The van der Waals surface area contributed by atoms with Crippen molar-refractivity contribution in [3.8, 4) is 0 Å². The molecule has 5 rings (SSSR count). The largest absolute Gasteiger partial charge is 0.393 e. The van der Waals surface area contributed by atoms with E-state index in [1.54, 1.807) is 5.57 Å². The van der Waals surface area contributed by atoms with Gasteiger partial charge in [0.2, 0.25) is 0 Å². The van der Waals surface area contributed by atoms with Crippen LogP contribution in [0.25, 0.3) is 0 Å². The Morgan fingerprint density at radius 2 is 1.76 bits per heavy atom. The highest BCUT2D eigenvalue weighted by Gasteiger charge is 2.58. The number of rotatable bonds is 4. The van der Waals surface area contributed by atoms with Crippen molar-refractivity contribution in [2.45, 2.75) is 122 Å². The second-order valence-corrected chi connectivity index (χ2v) is 12.3. The number of aliphatic hydroxyl groups excluding tert-OH is 1. The summed E-state index contributed by atoms with van der Waals surface area (Å²) in [7, 11) is 0. The molecule has 4 saturated carbocycles. The quantitative estimate of drug-likeness (QED) is 0.536. The number of allylic oxidation sites excluding steroid dienone is 1. The molecule has 0 heterocycles. The Kier molecular flexibility index (Phi) is 5.22. The predicted molar refractivity (Wildman–Crippen MR) is 118 cm³/mol. The molecule has 29 heavy (non-hydrogen) atoms. The van der Waals surface area contributed by atoms with Gasteiger partial charge in [0.15, 0.2) is 0 Å². The van der Waals surface area contributed by atoms with Crippen molar-refractivity contribution in [2.75, 3.05) is 0 Å². The van der Waals surface area contributed by atoms with Crippen LogP contribution in [-0.4, -0.2) is 21.9 Å². The standard InChI is InChI=1S/C27H44O2/c1-25-17-12-24-22(9-7-20-18-21(28)11-16-26(20,24)2)23(25)10-8-19(25)6-5-15-27(29)13-3-4-14-27/h7,19,21-24,28-29H,3-6,8-18H2,1-2H3. The molecule has 0 radical (unpaired) electrons. The fraction of sp³-hybridized carbons (Fsp3) is 0.926. The van der Waals surface area contributed by atoms with Gasteiger partial charge in [0, 0.05) is 0 Å². The first-order valence-corrected chi connectivity index (χ1v) is 12.9. The van der Waals surface area contributed by atoms with Crippen LogP contribution in [-0.2, 0) is 0 Å². The smallest absolute Gasteiger partial charge is 0.0647 e. The lowest BCUT2D eigenvalue weighted by atomic mass is 9.47. The summed E-state index contributed by atoms with van der Waals surface area (Å²) in [4.78, 5) is 0. The van der Waals surface area contributed by atoms with E-state index in [0.717, 1.165) is 55.8 Å². The zero-order valence-corrected chi connectivity index (χ0v) is 19.0. The van der Waals surface area contributed by atoms with Gasteiger partial charge in [-0.25, -0.2) is 0 Å². The Bertz CT molecular complexity index is 647. The van der Waals surface area contributed by atoms with Gasteiger partial charge < -0.3 is 10.2 Å². The Labute approximate surface area is 178 Å². The molecule has 0 amide bonds. The average molecular weight is 401 g/mol. The van der Waals surface area contributed by atoms with Crippen molar-refractivity contribution in [1.29, 1.82) is 0 Å². The molecule has 0 aromatic carbocycles. The highest BCUT2D eigenvalue weighted by molar-refractivity contribution is 5.25. The minimum absolute atomic E-state index is 0.0923. The van der Waals surface area contributed by atoms with Gasteiger partial charge in [0.1, 0.15) is 0 Å². The van der Waals surface area contributed by atoms with Crippen LogP contribution >= 0.6 is 0 Å². The van der Waals surface area contributed by atoms with Crippen LogP contribution in [0.15, 0.2) is 11.6 Å². The molecule has 5 aliphatic rings. The molecule has 0 aliphatic heterocycles. The number of hydrogen-bond donors (Lipinski definition) is 2. The van der Waals surface area contributed by atoms with Crippen molar-refractivity contribution in [2.24, 2.45) is 34.5 Å². The number of hydrogen-bond acceptors (Lipinski definition) is 2. The maximum Gasteiger partial charge on any atom is 0.0647 e. The van der Waals surface area contributed by atoms with E-state index in [1.807, 2.05) is 0 Å². The van der Waals surface area contributed by atoms with Gasteiger partial charge in [-0.2, -0.15) is 0 Å². The first kappa shape index (κ1) is 20.6. The molecule has 2 N–H and O–H groups in total. The monoisotopic (exact) mass is 400 g/mol. The highest BCUT2D eigenvalue weighted by Crippen LogP contribution is 2.66. The Balaban J connectivity index is 1.27. The van der Waals surface area contributed by atoms with E-state index >= 15 is 0 Å². The lowest BCUT2D eigenvalue weighted by molar-refractivity contribution is -0.0517. The van der Waals surface area contributed by atoms with E-state index in [2.05, 4.69) is 19.9 Å². The molecule has 4 fully saturated rings. The van der Waals surface area contributed by atoms with E-state index in [4.69, 9.17) is 0 Å². The van der Waals surface area contributed by atoms with Crippen LogP contribution in [0.3, 0.4) is 0 Å². The second kappa shape index (κ2) is 7.37. The third-order valence-corrected chi connectivity index (χ3v) is 11.0. The summed E-state index contributed by atoms with van der Waals surface area (Å²) in [6, 6.07) is 0. The summed E-state index contributed by atoms with van der Waals surface area (Å²) < 4.78 is 0. The molecular formula is C27H44O2.